The van der Waals surface area contributed by atoms with Gasteiger partial charge in [0.05, 0.1) is 6.61 Å². The number of nitrogens with zero attached hydrogens (tertiary/aromatic N) is 1. The van der Waals surface area contributed by atoms with Crippen LogP contribution < -0.4 is 15.0 Å². The molecular weight excluding hydrogens is 356 g/mol. The summed E-state index contributed by atoms with van der Waals surface area (Å²) in [6.07, 6.45) is 18.3. The smallest absolute Gasteiger partial charge is 0.173 e. The van der Waals surface area contributed by atoms with Crippen molar-refractivity contribution in [3.8, 4) is 5.75 Å². The second-order valence-corrected chi connectivity index (χ2v) is 9.22. The molecule has 2 aliphatic rings. The fourth-order valence-corrected chi connectivity index (χ4v) is 5.45. The molecule has 0 atom stereocenters. The zero-order chi connectivity index (χ0) is 19.9. The Kier molecular flexibility index (Phi) is 7.08. The van der Waals surface area contributed by atoms with Gasteiger partial charge in [-0.1, -0.05) is 64.2 Å². The molecule has 29 heavy (non-hydrogen) atoms. The van der Waals surface area contributed by atoms with Crippen molar-refractivity contribution < 1.29 is 9.30 Å². The summed E-state index contributed by atoms with van der Waals surface area (Å²) < 4.78 is 8.52. The molecule has 0 amide bonds. The zero-order valence-electron chi connectivity index (χ0n) is 17.8. The van der Waals surface area contributed by atoms with Crippen LogP contribution in [0.1, 0.15) is 69.8 Å². The maximum absolute atomic E-state index is 6.37. The summed E-state index contributed by atoms with van der Waals surface area (Å²) in [5.74, 6) is 3.54. The molecule has 2 aliphatic carbocycles. The van der Waals surface area contributed by atoms with E-state index in [1.807, 2.05) is 24.5 Å². The average molecular weight is 394 g/mol. The van der Waals surface area contributed by atoms with Crippen molar-refractivity contribution in [3.05, 3.63) is 54.4 Å². The predicted octanol–water partition coefficient (Wildman–Crippen LogP) is 5.76. The van der Waals surface area contributed by atoms with Gasteiger partial charge in [-0.3, -0.25) is 0 Å². The Bertz CT molecular complexity index is 710. The van der Waals surface area contributed by atoms with Crippen LogP contribution in [0, 0.1) is 17.8 Å². The molecule has 0 saturated heterocycles. The van der Waals surface area contributed by atoms with E-state index in [4.69, 9.17) is 10.5 Å². The SMILES string of the molecule is Nc1cc[n+](Cc2ccc(OCC(C3CCCCC3)C3CCCCC3)cc2)cc1. The molecule has 0 spiro atoms. The molecule has 2 fully saturated rings. The van der Waals surface area contributed by atoms with Crippen molar-refractivity contribution in [3.63, 3.8) is 0 Å². The van der Waals surface area contributed by atoms with Crippen molar-refractivity contribution >= 4 is 5.69 Å². The largest absolute Gasteiger partial charge is 0.493 e. The summed E-state index contributed by atoms with van der Waals surface area (Å²) in [5.41, 5.74) is 7.86. The van der Waals surface area contributed by atoms with Crippen LogP contribution in [0.2, 0.25) is 0 Å². The molecule has 2 aromatic rings. The van der Waals surface area contributed by atoms with Crippen molar-refractivity contribution in [2.24, 2.45) is 17.8 Å². The summed E-state index contributed by atoms with van der Waals surface area (Å²) in [5, 5.41) is 0. The summed E-state index contributed by atoms with van der Waals surface area (Å²) >= 11 is 0. The third-order valence-electron chi connectivity index (χ3n) is 7.16. The molecule has 1 heterocycles. The quantitative estimate of drug-likeness (QED) is 0.607. The van der Waals surface area contributed by atoms with Crippen LogP contribution in [-0.4, -0.2) is 6.61 Å². The van der Waals surface area contributed by atoms with Gasteiger partial charge in [0.1, 0.15) is 5.75 Å². The van der Waals surface area contributed by atoms with Crippen LogP contribution in [0.4, 0.5) is 5.69 Å². The number of ether oxygens (including phenoxy) is 1. The molecule has 0 aliphatic heterocycles. The average Bonchev–Trinajstić information content (AvgIpc) is 2.78. The van der Waals surface area contributed by atoms with E-state index in [2.05, 4.69) is 28.8 Å². The molecular formula is C26H37N2O+. The maximum Gasteiger partial charge on any atom is 0.173 e. The van der Waals surface area contributed by atoms with Gasteiger partial charge in [0.15, 0.2) is 18.9 Å². The molecule has 2 N–H and O–H groups in total. The van der Waals surface area contributed by atoms with Gasteiger partial charge in [-0.15, -0.1) is 0 Å². The first-order valence-electron chi connectivity index (χ1n) is 11.7. The van der Waals surface area contributed by atoms with Gasteiger partial charge in [0.2, 0.25) is 0 Å². The van der Waals surface area contributed by atoms with E-state index in [1.54, 1.807) is 0 Å². The molecule has 0 bridgehead atoms. The normalized spacial score (nSPS) is 18.8. The van der Waals surface area contributed by atoms with Gasteiger partial charge in [-0.25, -0.2) is 4.57 Å². The summed E-state index contributed by atoms with van der Waals surface area (Å²) in [4.78, 5) is 0. The second kappa shape index (κ2) is 10.1. The Balaban J connectivity index is 1.35. The van der Waals surface area contributed by atoms with E-state index in [0.29, 0.717) is 0 Å². The maximum atomic E-state index is 6.37. The lowest BCUT2D eigenvalue weighted by atomic mass is 9.70. The third-order valence-corrected chi connectivity index (χ3v) is 7.16. The summed E-state index contributed by atoms with van der Waals surface area (Å²) in [6, 6.07) is 12.5. The van der Waals surface area contributed by atoms with Crippen molar-refractivity contribution in [2.45, 2.75) is 70.8 Å². The minimum absolute atomic E-state index is 0.751. The highest BCUT2D eigenvalue weighted by atomic mass is 16.5. The molecule has 1 aromatic heterocycles. The molecule has 0 radical (unpaired) electrons. The third kappa shape index (κ3) is 5.74. The fraction of sp³-hybridized carbons (Fsp3) is 0.577. The van der Waals surface area contributed by atoms with Crippen LogP contribution in [0.3, 0.4) is 0 Å². The topological polar surface area (TPSA) is 39.1 Å². The van der Waals surface area contributed by atoms with E-state index in [0.717, 1.165) is 42.3 Å². The molecule has 3 heteroatoms. The van der Waals surface area contributed by atoms with Gasteiger partial charge < -0.3 is 10.5 Å². The molecule has 1 aromatic carbocycles. The number of aromatic nitrogens is 1. The number of anilines is 1. The minimum atomic E-state index is 0.751. The second-order valence-electron chi connectivity index (χ2n) is 9.22. The lowest BCUT2D eigenvalue weighted by Crippen LogP contribution is -2.33. The number of hydrogen-bond acceptors (Lipinski definition) is 2. The van der Waals surface area contributed by atoms with E-state index >= 15 is 0 Å². The van der Waals surface area contributed by atoms with Gasteiger partial charge >= 0.3 is 0 Å². The predicted molar refractivity (Wildman–Crippen MR) is 119 cm³/mol. The molecule has 4 rings (SSSR count). The Morgan fingerprint density at radius 3 is 1.90 bits per heavy atom. The Morgan fingerprint density at radius 1 is 0.793 bits per heavy atom. The van der Waals surface area contributed by atoms with Crippen LogP contribution in [0.25, 0.3) is 0 Å². The number of benzene rings is 1. The summed E-state index contributed by atoms with van der Waals surface area (Å²) in [6.45, 7) is 1.76. The highest BCUT2D eigenvalue weighted by Crippen LogP contribution is 2.40. The van der Waals surface area contributed by atoms with Crippen LogP contribution in [0.15, 0.2) is 48.8 Å². The number of nitrogen functional groups attached to an aromatic ring is 1. The van der Waals surface area contributed by atoms with E-state index < -0.39 is 0 Å². The molecule has 0 unspecified atom stereocenters. The first-order chi connectivity index (χ1) is 14.3. The lowest BCUT2D eigenvalue weighted by molar-refractivity contribution is -0.688. The Hall–Kier alpha value is -2.03. The van der Waals surface area contributed by atoms with Gasteiger partial charge in [0, 0.05) is 23.4 Å². The molecule has 3 nitrogen and oxygen atoms in total. The number of nitrogens with two attached hydrogens (primary N) is 1. The zero-order valence-corrected chi connectivity index (χ0v) is 17.8. The fourth-order valence-electron chi connectivity index (χ4n) is 5.45. The lowest BCUT2D eigenvalue weighted by Gasteiger charge is -2.37. The van der Waals surface area contributed by atoms with Crippen molar-refractivity contribution in [1.29, 1.82) is 0 Å². The van der Waals surface area contributed by atoms with Gasteiger partial charge in [-0.2, -0.15) is 0 Å². The van der Waals surface area contributed by atoms with E-state index in [1.165, 1.54) is 69.8 Å². The standard InChI is InChI=1S/C26H36N2O/c27-24-15-17-28(18-16-24)19-21-11-13-25(14-12-21)29-20-26(22-7-3-1-4-8-22)23-9-5-2-6-10-23/h11-18,22-23,26-27H,1-10,19-20H2/p+1. The van der Waals surface area contributed by atoms with Crippen molar-refractivity contribution in [1.82, 2.24) is 0 Å². The number of rotatable bonds is 7. The first kappa shape index (κ1) is 20.3. The summed E-state index contributed by atoms with van der Waals surface area (Å²) in [7, 11) is 0. The highest BCUT2D eigenvalue weighted by Gasteiger charge is 2.32. The molecule has 156 valence electrons. The van der Waals surface area contributed by atoms with E-state index in [9.17, 15) is 0 Å². The monoisotopic (exact) mass is 393 g/mol. The minimum Gasteiger partial charge on any atom is -0.493 e. The number of pyridine rings is 1. The first-order valence-corrected chi connectivity index (χ1v) is 11.7. The van der Waals surface area contributed by atoms with Crippen molar-refractivity contribution in [2.75, 3.05) is 12.3 Å². The van der Waals surface area contributed by atoms with Crippen LogP contribution in [0.5, 0.6) is 5.75 Å². The Labute approximate surface area is 176 Å². The van der Waals surface area contributed by atoms with Crippen LogP contribution >= 0.6 is 0 Å². The Morgan fingerprint density at radius 2 is 1.34 bits per heavy atom. The van der Waals surface area contributed by atoms with E-state index in [-0.39, 0.29) is 0 Å². The van der Waals surface area contributed by atoms with Gasteiger partial charge in [0.25, 0.3) is 0 Å². The van der Waals surface area contributed by atoms with Gasteiger partial charge in [-0.05, 0) is 42.0 Å². The number of hydrogen-bond donors (Lipinski definition) is 1. The highest BCUT2D eigenvalue weighted by molar-refractivity contribution is 5.32. The van der Waals surface area contributed by atoms with Crippen LogP contribution in [-0.2, 0) is 6.54 Å². The molecule has 2 saturated carbocycles.